The van der Waals surface area contributed by atoms with Crippen LogP contribution in [0, 0.1) is 23.2 Å². The fourth-order valence-electron chi connectivity index (χ4n) is 2.70. The van der Waals surface area contributed by atoms with E-state index >= 15 is 0 Å². The van der Waals surface area contributed by atoms with Crippen LogP contribution >= 0.6 is 0 Å². The molecule has 0 aliphatic carbocycles. The average molecular weight is 214 g/mol. The molecule has 2 fully saturated rings. The van der Waals surface area contributed by atoms with Crippen molar-refractivity contribution >= 4 is 5.82 Å². The minimum Gasteiger partial charge on any atom is -0.356 e. The molecular weight excluding hydrogens is 200 g/mol. The van der Waals surface area contributed by atoms with Crippen molar-refractivity contribution in [3.05, 3.63) is 23.9 Å². The Morgan fingerprint density at radius 1 is 1.38 bits per heavy atom. The molecule has 2 aliphatic rings. The summed E-state index contributed by atoms with van der Waals surface area (Å²) in [4.78, 5) is 6.65. The van der Waals surface area contributed by atoms with E-state index in [0.29, 0.717) is 5.56 Å². The predicted octanol–water partition coefficient (Wildman–Crippen LogP) is 0.609. The van der Waals surface area contributed by atoms with Crippen LogP contribution in [-0.2, 0) is 0 Å². The molecule has 2 unspecified atom stereocenters. The molecule has 0 saturated carbocycles. The molecule has 2 aliphatic heterocycles. The zero-order valence-corrected chi connectivity index (χ0v) is 9.06. The van der Waals surface area contributed by atoms with Crippen molar-refractivity contribution < 1.29 is 0 Å². The summed E-state index contributed by atoms with van der Waals surface area (Å²) in [6.07, 6.45) is 1.72. The molecule has 2 saturated heterocycles. The number of aromatic nitrogens is 1. The van der Waals surface area contributed by atoms with E-state index in [-0.39, 0.29) is 0 Å². The quantitative estimate of drug-likeness (QED) is 0.744. The first kappa shape index (κ1) is 9.61. The molecule has 4 heteroatoms. The monoisotopic (exact) mass is 214 g/mol. The first-order valence-electron chi connectivity index (χ1n) is 5.68. The fourth-order valence-corrected chi connectivity index (χ4v) is 2.70. The van der Waals surface area contributed by atoms with Crippen LogP contribution in [0.4, 0.5) is 5.82 Å². The topological polar surface area (TPSA) is 52.0 Å². The van der Waals surface area contributed by atoms with Gasteiger partial charge < -0.3 is 10.2 Å². The van der Waals surface area contributed by atoms with Crippen LogP contribution < -0.4 is 10.2 Å². The minimum absolute atomic E-state index is 0.695. The summed E-state index contributed by atoms with van der Waals surface area (Å²) >= 11 is 0. The Kier molecular flexibility index (Phi) is 2.26. The largest absolute Gasteiger partial charge is 0.356 e. The molecule has 2 atom stereocenters. The smallest absolute Gasteiger partial charge is 0.129 e. The SMILES string of the molecule is N#Cc1ccnc(N2CC3CNCC3C2)c1. The number of hydrogen-bond donors (Lipinski definition) is 1. The van der Waals surface area contributed by atoms with Gasteiger partial charge in [-0.15, -0.1) is 0 Å². The lowest BCUT2D eigenvalue weighted by Gasteiger charge is -2.18. The van der Waals surface area contributed by atoms with Gasteiger partial charge in [-0.3, -0.25) is 0 Å². The molecule has 0 bridgehead atoms. The first-order valence-corrected chi connectivity index (χ1v) is 5.68. The molecule has 1 N–H and O–H groups in total. The van der Waals surface area contributed by atoms with E-state index in [0.717, 1.165) is 43.8 Å². The highest BCUT2D eigenvalue weighted by atomic mass is 15.2. The zero-order chi connectivity index (χ0) is 11.0. The molecule has 82 valence electrons. The van der Waals surface area contributed by atoms with Crippen molar-refractivity contribution in [2.75, 3.05) is 31.1 Å². The molecule has 4 nitrogen and oxygen atoms in total. The summed E-state index contributed by atoms with van der Waals surface area (Å²) in [6, 6.07) is 5.80. The van der Waals surface area contributed by atoms with E-state index in [4.69, 9.17) is 5.26 Å². The van der Waals surface area contributed by atoms with Gasteiger partial charge in [0.2, 0.25) is 0 Å². The number of nitrogens with zero attached hydrogens (tertiary/aromatic N) is 3. The van der Waals surface area contributed by atoms with E-state index < -0.39 is 0 Å². The maximum Gasteiger partial charge on any atom is 0.129 e. The Morgan fingerprint density at radius 3 is 2.81 bits per heavy atom. The van der Waals surface area contributed by atoms with Gasteiger partial charge in [0.25, 0.3) is 0 Å². The van der Waals surface area contributed by atoms with Gasteiger partial charge in [-0.2, -0.15) is 5.26 Å². The molecule has 1 aromatic heterocycles. The van der Waals surface area contributed by atoms with Crippen molar-refractivity contribution in [2.24, 2.45) is 11.8 Å². The van der Waals surface area contributed by atoms with Crippen molar-refractivity contribution in [3.63, 3.8) is 0 Å². The third-order valence-electron chi connectivity index (χ3n) is 3.59. The number of fused-ring (bicyclic) bond motifs is 1. The van der Waals surface area contributed by atoms with Crippen LogP contribution in [0.2, 0.25) is 0 Å². The summed E-state index contributed by atoms with van der Waals surface area (Å²) in [7, 11) is 0. The van der Waals surface area contributed by atoms with E-state index in [1.54, 1.807) is 12.3 Å². The van der Waals surface area contributed by atoms with Crippen LogP contribution in [-0.4, -0.2) is 31.2 Å². The van der Waals surface area contributed by atoms with Gasteiger partial charge in [0, 0.05) is 32.4 Å². The van der Waals surface area contributed by atoms with Gasteiger partial charge in [0.15, 0.2) is 0 Å². The summed E-state index contributed by atoms with van der Waals surface area (Å²) in [5.41, 5.74) is 0.695. The van der Waals surface area contributed by atoms with E-state index in [2.05, 4.69) is 21.3 Å². The number of rotatable bonds is 1. The Balaban J connectivity index is 1.81. The van der Waals surface area contributed by atoms with Gasteiger partial charge in [0.05, 0.1) is 11.6 Å². The van der Waals surface area contributed by atoms with Crippen LogP contribution in [0.3, 0.4) is 0 Å². The van der Waals surface area contributed by atoms with E-state index in [1.165, 1.54) is 0 Å². The Bertz CT molecular complexity index is 425. The second kappa shape index (κ2) is 3.76. The Morgan fingerprint density at radius 2 is 2.12 bits per heavy atom. The third kappa shape index (κ3) is 1.54. The molecule has 3 heterocycles. The predicted molar refractivity (Wildman–Crippen MR) is 61.0 cm³/mol. The van der Waals surface area contributed by atoms with Crippen LogP contribution in [0.1, 0.15) is 5.56 Å². The molecule has 0 amide bonds. The second-order valence-electron chi connectivity index (χ2n) is 4.60. The molecule has 0 aromatic carbocycles. The minimum atomic E-state index is 0.695. The van der Waals surface area contributed by atoms with Crippen molar-refractivity contribution in [3.8, 4) is 6.07 Å². The Labute approximate surface area is 94.9 Å². The zero-order valence-electron chi connectivity index (χ0n) is 9.06. The maximum absolute atomic E-state index is 8.86. The first-order chi connectivity index (χ1) is 7.86. The molecular formula is C12H14N4. The second-order valence-corrected chi connectivity index (χ2v) is 4.60. The lowest BCUT2D eigenvalue weighted by Crippen LogP contribution is -2.26. The van der Waals surface area contributed by atoms with Gasteiger partial charge in [-0.1, -0.05) is 0 Å². The number of nitriles is 1. The molecule has 0 spiro atoms. The molecule has 3 rings (SSSR count). The average Bonchev–Trinajstić information content (AvgIpc) is 2.89. The lowest BCUT2D eigenvalue weighted by atomic mass is 10.0. The van der Waals surface area contributed by atoms with Gasteiger partial charge >= 0.3 is 0 Å². The number of hydrogen-bond acceptors (Lipinski definition) is 4. The lowest BCUT2D eigenvalue weighted by molar-refractivity contribution is 0.533. The van der Waals surface area contributed by atoms with E-state index in [9.17, 15) is 0 Å². The number of pyridine rings is 1. The van der Waals surface area contributed by atoms with Crippen molar-refractivity contribution in [1.82, 2.24) is 10.3 Å². The normalized spacial score (nSPS) is 27.8. The standard InChI is InChI=1S/C12H14N4/c13-4-9-1-2-15-12(3-9)16-7-10-5-14-6-11(10)8-16/h1-3,10-11,14H,5-8H2. The summed E-state index contributed by atoms with van der Waals surface area (Å²) in [5.74, 6) is 2.47. The number of nitrogens with one attached hydrogen (secondary N) is 1. The highest BCUT2D eigenvalue weighted by Gasteiger charge is 2.36. The number of anilines is 1. The van der Waals surface area contributed by atoms with Crippen LogP contribution in [0.15, 0.2) is 18.3 Å². The molecule has 0 radical (unpaired) electrons. The molecule has 16 heavy (non-hydrogen) atoms. The van der Waals surface area contributed by atoms with Gasteiger partial charge in [-0.05, 0) is 24.0 Å². The highest BCUT2D eigenvalue weighted by Crippen LogP contribution is 2.29. The summed E-state index contributed by atoms with van der Waals surface area (Å²) < 4.78 is 0. The highest BCUT2D eigenvalue weighted by molar-refractivity contribution is 5.46. The third-order valence-corrected chi connectivity index (χ3v) is 3.59. The molecule has 1 aromatic rings. The van der Waals surface area contributed by atoms with Crippen molar-refractivity contribution in [1.29, 1.82) is 5.26 Å². The fraction of sp³-hybridized carbons (Fsp3) is 0.500. The van der Waals surface area contributed by atoms with E-state index in [1.807, 2.05) is 6.07 Å². The maximum atomic E-state index is 8.86. The van der Waals surface area contributed by atoms with Crippen molar-refractivity contribution in [2.45, 2.75) is 0 Å². The van der Waals surface area contributed by atoms with Crippen LogP contribution in [0.25, 0.3) is 0 Å². The van der Waals surface area contributed by atoms with Gasteiger partial charge in [0.1, 0.15) is 5.82 Å². The summed E-state index contributed by atoms with van der Waals surface area (Å²) in [5, 5.41) is 12.3. The van der Waals surface area contributed by atoms with Crippen LogP contribution in [0.5, 0.6) is 0 Å². The van der Waals surface area contributed by atoms with Gasteiger partial charge in [-0.25, -0.2) is 4.98 Å². The summed E-state index contributed by atoms with van der Waals surface area (Å²) in [6.45, 7) is 4.39. The Hall–Kier alpha value is -1.60.